The third kappa shape index (κ3) is 80.1. The number of hydrogen-bond donors (Lipinski definition) is 3. The molecule has 17 nitrogen and oxygen atoms in total. The third-order valence-corrected chi connectivity index (χ3v) is 22.2. The number of ether oxygens (including phenoxy) is 4. The Morgan fingerprint density at radius 2 is 0.396 bits per heavy atom. The van der Waals surface area contributed by atoms with Crippen LogP contribution in [0.5, 0.6) is 0 Å². The molecule has 0 bridgehead atoms. The van der Waals surface area contributed by atoms with Crippen molar-refractivity contribution < 1.29 is 80.2 Å². The molecule has 0 aliphatic heterocycles. The summed E-state index contributed by atoms with van der Waals surface area (Å²) in [6.45, 7) is 14.3. The molecule has 0 heterocycles. The molecule has 0 aromatic heterocycles. The van der Waals surface area contributed by atoms with Gasteiger partial charge >= 0.3 is 39.5 Å². The highest BCUT2D eigenvalue weighted by Crippen LogP contribution is 2.45. The van der Waals surface area contributed by atoms with Gasteiger partial charge in [0, 0.05) is 25.7 Å². The molecule has 0 aliphatic rings. The van der Waals surface area contributed by atoms with E-state index in [9.17, 15) is 43.2 Å². The maximum atomic E-state index is 13.1. The summed E-state index contributed by atoms with van der Waals surface area (Å²) < 4.78 is 68.9. The summed E-state index contributed by atoms with van der Waals surface area (Å²) in [5, 5.41) is 10.7. The quantitative estimate of drug-likeness (QED) is 0.0222. The van der Waals surface area contributed by atoms with Gasteiger partial charge in [0.2, 0.25) is 0 Å². The lowest BCUT2D eigenvalue weighted by molar-refractivity contribution is -0.161. The van der Waals surface area contributed by atoms with Crippen molar-refractivity contribution in [3.63, 3.8) is 0 Å². The number of aliphatic hydroxyl groups is 1. The first-order chi connectivity index (χ1) is 51.1. The van der Waals surface area contributed by atoms with E-state index in [1.54, 1.807) is 0 Å². The topological polar surface area (TPSA) is 237 Å². The smallest absolute Gasteiger partial charge is 0.462 e. The Labute approximate surface area is 651 Å². The molecule has 0 saturated heterocycles. The minimum absolute atomic E-state index is 0.107. The highest BCUT2D eigenvalue weighted by atomic mass is 31.2. The van der Waals surface area contributed by atoms with Crippen molar-refractivity contribution in [3.05, 3.63) is 0 Å². The van der Waals surface area contributed by atoms with Gasteiger partial charge in [0.1, 0.15) is 19.3 Å². The van der Waals surface area contributed by atoms with Gasteiger partial charge in [-0.1, -0.05) is 402 Å². The molecular formula is C87H170O17P2. The second-order valence-electron chi connectivity index (χ2n) is 33.2. The van der Waals surface area contributed by atoms with Crippen LogP contribution in [0, 0.1) is 23.7 Å². The highest BCUT2D eigenvalue weighted by molar-refractivity contribution is 7.47. The van der Waals surface area contributed by atoms with E-state index >= 15 is 0 Å². The molecular weight excluding hydrogens is 1380 g/mol. The van der Waals surface area contributed by atoms with Crippen LogP contribution in [0.25, 0.3) is 0 Å². The van der Waals surface area contributed by atoms with Gasteiger partial charge < -0.3 is 33.8 Å². The molecule has 0 spiro atoms. The lowest BCUT2D eigenvalue weighted by Gasteiger charge is -2.21. The number of hydrogen-bond acceptors (Lipinski definition) is 15. The number of carbonyl (C=O) groups excluding carboxylic acids is 4. The standard InChI is InChI=1S/C87H170O17P2/c1-77(2)63-55-47-39-32-26-20-15-11-9-10-12-17-23-30-36-44-53-61-70-87(92)104-83(74-98-85(90)68-60-52-46-38-42-50-58-66-80(7)8)76-102-106(95,96)100-72-81(88)71-99-105(93,94)101-75-82(73-97-84(89)67-59-51-43-35-29-25-19-22-28-34-41-49-57-65-79(5)6)103-86(91)69-62-54-45-37-31-24-18-14-13-16-21-27-33-40-48-56-64-78(3)4/h77-83,88H,9-76H2,1-8H3,(H,93,94)(H,95,96)/t81?,82-,83-/m1/s1. The summed E-state index contributed by atoms with van der Waals surface area (Å²) in [4.78, 5) is 73.2. The van der Waals surface area contributed by atoms with Crippen molar-refractivity contribution in [1.29, 1.82) is 0 Å². The fourth-order valence-corrected chi connectivity index (χ4v) is 15.1. The van der Waals surface area contributed by atoms with Gasteiger partial charge in [-0.05, 0) is 49.4 Å². The summed E-state index contributed by atoms with van der Waals surface area (Å²) in [6, 6.07) is 0. The molecule has 0 radical (unpaired) electrons. The zero-order valence-electron chi connectivity index (χ0n) is 70.1. The maximum absolute atomic E-state index is 13.1. The van der Waals surface area contributed by atoms with E-state index in [2.05, 4.69) is 55.4 Å². The highest BCUT2D eigenvalue weighted by Gasteiger charge is 2.31. The Kier molecular flexibility index (Phi) is 74.3. The number of rotatable bonds is 84. The number of phosphoric ester groups is 2. The second-order valence-corrected chi connectivity index (χ2v) is 36.1. The molecule has 3 unspecified atom stereocenters. The van der Waals surface area contributed by atoms with Crippen LogP contribution in [0.15, 0.2) is 0 Å². The summed E-state index contributed by atoms with van der Waals surface area (Å²) >= 11 is 0. The van der Waals surface area contributed by atoms with Crippen LogP contribution in [-0.4, -0.2) is 96.7 Å². The van der Waals surface area contributed by atoms with E-state index in [1.165, 1.54) is 250 Å². The third-order valence-electron chi connectivity index (χ3n) is 20.3. The van der Waals surface area contributed by atoms with E-state index in [4.69, 9.17) is 37.0 Å². The van der Waals surface area contributed by atoms with Crippen LogP contribution in [0.2, 0.25) is 0 Å². The molecule has 0 fully saturated rings. The van der Waals surface area contributed by atoms with Crippen LogP contribution < -0.4 is 0 Å². The minimum Gasteiger partial charge on any atom is -0.462 e. The normalized spacial score (nSPS) is 13.9. The molecule has 0 aromatic rings. The monoisotopic (exact) mass is 1550 g/mol. The lowest BCUT2D eigenvalue weighted by Crippen LogP contribution is -2.30. The number of esters is 4. The van der Waals surface area contributed by atoms with Crippen LogP contribution >= 0.6 is 15.6 Å². The molecule has 0 rings (SSSR count). The van der Waals surface area contributed by atoms with Gasteiger partial charge in [-0.3, -0.25) is 37.3 Å². The summed E-state index contributed by atoms with van der Waals surface area (Å²) in [5.41, 5.74) is 0. The SMILES string of the molecule is CC(C)CCCCCCCCCCCCCCCCCCCCC(=O)O[C@H](COC(=O)CCCCCCCCCC(C)C)COP(=O)(O)OCC(O)COP(=O)(O)OC[C@@H](COC(=O)CCCCCCCCCCCCCCCC(C)C)OC(=O)CCCCCCCCCCCCCCCCCCC(C)C. The van der Waals surface area contributed by atoms with Crippen molar-refractivity contribution in [3.8, 4) is 0 Å². The van der Waals surface area contributed by atoms with Gasteiger partial charge in [-0.2, -0.15) is 0 Å². The van der Waals surface area contributed by atoms with E-state index in [1.807, 2.05) is 0 Å². The van der Waals surface area contributed by atoms with Gasteiger partial charge in [0.15, 0.2) is 12.2 Å². The Bertz CT molecular complexity index is 2060. The fraction of sp³-hybridized carbons (Fsp3) is 0.954. The largest absolute Gasteiger partial charge is 0.472 e. The molecule has 0 amide bonds. The van der Waals surface area contributed by atoms with Crippen LogP contribution in [0.3, 0.4) is 0 Å². The summed E-state index contributed by atoms with van der Waals surface area (Å²) in [6.07, 6.45) is 65.4. The van der Waals surface area contributed by atoms with Crippen molar-refractivity contribution >= 4 is 39.5 Å². The zero-order chi connectivity index (χ0) is 78.1. The Morgan fingerprint density at radius 1 is 0.236 bits per heavy atom. The predicted molar refractivity (Wildman–Crippen MR) is 437 cm³/mol. The summed E-state index contributed by atoms with van der Waals surface area (Å²) in [7, 11) is -9.93. The maximum Gasteiger partial charge on any atom is 0.472 e. The number of aliphatic hydroxyl groups excluding tert-OH is 1. The number of phosphoric acid groups is 2. The first-order valence-corrected chi connectivity index (χ1v) is 47.7. The van der Waals surface area contributed by atoms with E-state index < -0.39 is 97.5 Å². The van der Waals surface area contributed by atoms with Crippen molar-refractivity contribution in [2.24, 2.45) is 23.7 Å². The molecule has 3 N–H and O–H groups in total. The van der Waals surface area contributed by atoms with E-state index in [0.717, 1.165) is 114 Å². The van der Waals surface area contributed by atoms with Gasteiger partial charge in [0.25, 0.3) is 0 Å². The zero-order valence-corrected chi connectivity index (χ0v) is 71.9. The Hall–Kier alpha value is -1.94. The van der Waals surface area contributed by atoms with Crippen molar-refractivity contribution in [2.75, 3.05) is 39.6 Å². The van der Waals surface area contributed by atoms with E-state index in [-0.39, 0.29) is 25.7 Å². The second kappa shape index (κ2) is 75.7. The number of unbranched alkanes of at least 4 members (excludes halogenated alkanes) is 50. The average Bonchev–Trinajstić information content (AvgIpc) is 0.900. The lowest BCUT2D eigenvalue weighted by atomic mass is 10.0. The molecule has 106 heavy (non-hydrogen) atoms. The Morgan fingerprint density at radius 3 is 0.585 bits per heavy atom. The van der Waals surface area contributed by atoms with Crippen molar-refractivity contribution in [2.45, 2.75) is 472 Å². The average molecular weight is 1550 g/mol. The molecule has 0 aromatic carbocycles. The van der Waals surface area contributed by atoms with Crippen molar-refractivity contribution in [1.82, 2.24) is 0 Å². The molecule has 0 aliphatic carbocycles. The van der Waals surface area contributed by atoms with Gasteiger partial charge in [-0.25, -0.2) is 9.13 Å². The first kappa shape index (κ1) is 104. The predicted octanol–water partition coefficient (Wildman–Crippen LogP) is 26.3. The molecule has 19 heteroatoms. The summed E-state index contributed by atoms with van der Waals surface area (Å²) in [5.74, 6) is 1.02. The fourth-order valence-electron chi connectivity index (χ4n) is 13.5. The van der Waals surface area contributed by atoms with E-state index in [0.29, 0.717) is 31.6 Å². The minimum atomic E-state index is -4.97. The van der Waals surface area contributed by atoms with Crippen LogP contribution in [0.4, 0.5) is 0 Å². The Balaban J connectivity index is 5.21. The van der Waals surface area contributed by atoms with Crippen LogP contribution in [-0.2, 0) is 65.4 Å². The molecule has 0 saturated carbocycles. The van der Waals surface area contributed by atoms with Crippen LogP contribution in [0.1, 0.15) is 453 Å². The number of carbonyl (C=O) groups is 4. The van der Waals surface area contributed by atoms with Gasteiger partial charge in [0.05, 0.1) is 26.4 Å². The molecule has 5 atom stereocenters. The molecule has 630 valence electrons. The van der Waals surface area contributed by atoms with Gasteiger partial charge in [-0.15, -0.1) is 0 Å². The first-order valence-electron chi connectivity index (χ1n) is 44.7.